The first-order chi connectivity index (χ1) is 5.16. The van der Waals surface area contributed by atoms with Crippen molar-refractivity contribution in [2.45, 2.75) is 12.2 Å². The highest BCUT2D eigenvalue weighted by Crippen LogP contribution is 2.08. The van der Waals surface area contributed by atoms with Crippen LogP contribution in [0, 0.1) is 0 Å². The van der Waals surface area contributed by atoms with Crippen molar-refractivity contribution in [1.82, 2.24) is 0 Å². The Hall–Kier alpha value is -0.780. The van der Waals surface area contributed by atoms with Crippen molar-refractivity contribution in [3.05, 3.63) is 0 Å². The van der Waals surface area contributed by atoms with Crippen molar-refractivity contribution < 1.29 is 24.5 Å². The molecule has 5 heteroatoms. The van der Waals surface area contributed by atoms with E-state index in [9.17, 15) is 9.59 Å². The van der Waals surface area contributed by atoms with Gasteiger partial charge in [0.1, 0.15) is 12.7 Å². The lowest BCUT2D eigenvalue weighted by molar-refractivity contribution is -0.137. The molecule has 1 saturated heterocycles. The largest absolute Gasteiger partial charge is 0.394 e. The van der Waals surface area contributed by atoms with Gasteiger partial charge in [-0.05, 0) is 0 Å². The summed E-state index contributed by atoms with van der Waals surface area (Å²) in [6, 6.07) is 0. The number of hydrogen-bond donors (Lipinski definition) is 2. The number of hydrogen-bond acceptors (Lipinski definition) is 5. The maximum atomic E-state index is 10.8. The van der Waals surface area contributed by atoms with Gasteiger partial charge in [-0.15, -0.1) is 0 Å². The average Bonchev–Trinajstić information content (AvgIpc) is 2.32. The van der Waals surface area contributed by atoms with Gasteiger partial charge in [-0.1, -0.05) is 0 Å². The minimum absolute atomic E-state index is 0.291. The molecule has 2 N–H and O–H groups in total. The summed E-state index contributed by atoms with van der Waals surface area (Å²) in [5.74, 6) is -1.41. The minimum atomic E-state index is -1.28. The Bertz CT molecular complexity index is 187. The molecular weight excluding hydrogens is 152 g/mol. The summed E-state index contributed by atoms with van der Waals surface area (Å²) in [7, 11) is 0. The fourth-order valence-electron chi connectivity index (χ4n) is 0.852. The van der Waals surface area contributed by atoms with Crippen molar-refractivity contribution in [3.8, 4) is 0 Å². The van der Waals surface area contributed by atoms with Gasteiger partial charge in [0.05, 0.1) is 6.61 Å². The average molecular weight is 160 g/mol. The van der Waals surface area contributed by atoms with Crippen LogP contribution in [0.15, 0.2) is 0 Å². The van der Waals surface area contributed by atoms with Crippen molar-refractivity contribution in [2.24, 2.45) is 0 Å². The van der Waals surface area contributed by atoms with Crippen molar-refractivity contribution in [3.63, 3.8) is 0 Å². The smallest absolute Gasteiger partial charge is 0.232 e. The first kappa shape index (κ1) is 8.32. The van der Waals surface area contributed by atoms with E-state index >= 15 is 0 Å². The molecule has 0 amide bonds. The molecule has 0 saturated carbocycles. The van der Waals surface area contributed by atoms with Crippen LogP contribution in [0.4, 0.5) is 0 Å². The van der Waals surface area contributed by atoms with E-state index in [0.29, 0.717) is 0 Å². The van der Waals surface area contributed by atoms with Gasteiger partial charge in [-0.3, -0.25) is 9.59 Å². The standard InChI is InChI=1S/C6H8O5/c7-1-3(8)6-5(10)4(9)2-11-6/h3,6-8H,1-2H2. The van der Waals surface area contributed by atoms with Gasteiger partial charge >= 0.3 is 0 Å². The summed E-state index contributed by atoms with van der Waals surface area (Å²) in [4.78, 5) is 21.3. The molecule has 0 aromatic carbocycles. The molecule has 62 valence electrons. The first-order valence-electron chi connectivity index (χ1n) is 3.14. The van der Waals surface area contributed by atoms with E-state index in [1.165, 1.54) is 0 Å². The molecule has 2 atom stereocenters. The van der Waals surface area contributed by atoms with Crippen LogP contribution in [0.25, 0.3) is 0 Å². The van der Waals surface area contributed by atoms with E-state index in [4.69, 9.17) is 10.2 Å². The maximum Gasteiger partial charge on any atom is 0.232 e. The Kier molecular flexibility index (Phi) is 2.33. The predicted octanol–water partition coefficient (Wildman–Crippen LogP) is -2.12. The summed E-state index contributed by atoms with van der Waals surface area (Å²) >= 11 is 0. The lowest BCUT2D eigenvalue weighted by Crippen LogP contribution is -2.35. The fourth-order valence-corrected chi connectivity index (χ4v) is 0.852. The molecule has 11 heavy (non-hydrogen) atoms. The van der Waals surface area contributed by atoms with Crippen LogP contribution in [-0.2, 0) is 14.3 Å². The molecular formula is C6H8O5. The first-order valence-corrected chi connectivity index (χ1v) is 3.14. The van der Waals surface area contributed by atoms with Crippen LogP contribution >= 0.6 is 0 Å². The van der Waals surface area contributed by atoms with E-state index in [1.807, 2.05) is 0 Å². The molecule has 0 aromatic heterocycles. The number of rotatable bonds is 2. The fraction of sp³-hybridized carbons (Fsp3) is 0.667. The Labute approximate surface area is 62.6 Å². The van der Waals surface area contributed by atoms with Crippen molar-refractivity contribution in [1.29, 1.82) is 0 Å². The zero-order valence-electron chi connectivity index (χ0n) is 5.69. The molecule has 1 fully saturated rings. The summed E-state index contributed by atoms with van der Waals surface area (Å²) in [6.07, 6.45) is -2.44. The van der Waals surface area contributed by atoms with Crippen LogP contribution in [0.3, 0.4) is 0 Å². The summed E-state index contributed by atoms with van der Waals surface area (Å²) in [6.45, 7) is -0.871. The molecule has 0 bridgehead atoms. The van der Waals surface area contributed by atoms with E-state index in [2.05, 4.69) is 4.74 Å². The zero-order valence-corrected chi connectivity index (χ0v) is 5.69. The Balaban J connectivity index is 2.61. The topological polar surface area (TPSA) is 83.8 Å². The SMILES string of the molecule is O=C1COC(C(O)CO)C1=O. The van der Waals surface area contributed by atoms with Gasteiger partial charge in [0.2, 0.25) is 11.6 Å². The number of aliphatic hydroxyl groups excluding tert-OH is 2. The highest BCUT2D eigenvalue weighted by atomic mass is 16.5. The van der Waals surface area contributed by atoms with Crippen LogP contribution in [0.5, 0.6) is 0 Å². The second kappa shape index (κ2) is 3.08. The molecule has 0 aliphatic carbocycles. The maximum absolute atomic E-state index is 10.8. The number of ketones is 2. The number of carbonyl (C=O) groups excluding carboxylic acids is 2. The third-order valence-corrected chi connectivity index (χ3v) is 1.46. The molecule has 2 unspecified atom stereocenters. The second-order valence-corrected chi connectivity index (χ2v) is 2.27. The number of Topliss-reactive ketones (excluding diaryl/α,β-unsaturated/α-hetero) is 2. The third-order valence-electron chi connectivity index (χ3n) is 1.46. The predicted molar refractivity (Wildman–Crippen MR) is 32.8 cm³/mol. The van der Waals surface area contributed by atoms with E-state index in [0.717, 1.165) is 0 Å². The van der Waals surface area contributed by atoms with Crippen LogP contribution in [0.1, 0.15) is 0 Å². The summed E-state index contributed by atoms with van der Waals surface area (Å²) < 4.78 is 4.62. The number of ether oxygens (including phenoxy) is 1. The molecule has 5 nitrogen and oxygen atoms in total. The monoisotopic (exact) mass is 160 g/mol. The van der Waals surface area contributed by atoms with Gasteiger partial charge in [-0.25, -0.2) is 0 Å². The summed E-state index contributed by atoms with van der Waals surface area (Å²) in [5, 5.41) is 17.3. The zero-order chi connectivity index (χ0) is 8.43. The van der Waals surface area contributed by atoms with Gasteiger partial charge in [0.25, 0.3) is 0 Å². The molecule has 1 aliphatic heterocycles. The lowest BCUT2D eigenvalue weighted by atomic mass is 10.1. The van der Waals surface area contributed by atoms with Crippen LogP contribution < -0.4 is 0 Å². The second-order valence-electron chi connectivity index (χ2n) is 2.27. The molecule has 1 rings (SSSR count). The Morgan fingerprint density at radius 3 is 2.64 bits per heavy atom. The number of carbonyl (C=O) groups is 2. The van der Waals surface area contributed by atoms with Crippen LogP contribution in [-0.4, -0.2) is 47.2 Å². The quantitative estimate of drug-likeness (QED) is 0.451. The van der Waals surface area contributed by atoms with Gasteiger partial charge in [-0.2, -0.15) is 0 Å². The van der Waals surface area contributed by atoms with E-state index < -0.39 is 30.4 Å². The summed E-state index contributed by atoms with van der Waals surface area (Å²) in [5.41, 5.74) is 0. The highest BCUT2D eigenvalue weighted by Gasteiger charge is 2.38. The molecule has 0 radical (unpaired) electrons. The third kappa shape index (κ3) is 1.45. The minimum Gasteiger partial charge on any atom is -0.394 e. The Morgan fingerprint density at radius 1 is 1.64 bits per heavy atom. The van der Waals surface area contributed by atoms with Gasteiger partial charge < -0.3 is 14.9 Å². The van der Waals surface area contributed by atoms with E-state index in [-0.39, 0.29) is 6.61 Å². The molecule has 0 spiro atoms. The lowest BCUT2D eigenvalue weighted by Gasteiger charge is -2.11. The van der Waals surface area contributed by atoms with Crippen molar-refractivity contribution in [2.75, 3.05) is 13.2 Å². The molecule has 1 heterocycles. The van der Waals surface area contributed by atoms with Gasteiger partial charge in [0.15, 0.2) is 6.10 Å². The molecule has 0 aromatic rings. The normalized spacial score (nSPS) is 27.6. The Morgan fingerprint density at radius 2 is 2.27 bits per heavy atom. The highest BCUT2D eigenvalue weighted by molar-refractivity contribution is 6.41. The molecule has 1 aliphatic rings. The van der Waals surface area contributed by atoms with Crippen LogP contribution in [0.2, 0.25) is 0 Å². The van der Waals surface area contributed by atoms with Gasteiger partial charge in [0, 0.05) is 0 Å². The van der Waals surface area contributed by atoms with Crippen molar-refractivity contribution >= 4 is 11.6 Å². The van der Waals surface area contributed by atoms with E-state index in [1.54, 1.807) is 0 Å². The number of aliphatic hydroxyl groups is 2.